The Kier molecular flexibility index (Phi) is 3.90. The van der Waals surface area contributed by atoms with Gasteiger partial charge >= 0.3 is 6.18 Å². The van der Waals surface area contributed by atoms with Gasteiger partial charge in [-0.3, -0.25) is 5.10 Å². The molecule has 29 heavy (non-hydrogen) atoms. The Morgan fingerprint density at radius 3 is 2.52 bits per heavy atom. The van der Waals surface area contributed by atoms with Crippen molar-refractivity contribution in [2.75, 3.05) is 0 Å². The number of aromatic amines is 1. The highest BCUT2D eigenvalue weighted by atomic mass is 35.5. The number of nitrogens with zero attached hydrogens (tertiary/aromatic N) is 2. The lowest BCUT2D eigenvalue weighted by Gasteiger charge is -2.33. The number of sulfonamides is 1. The molecule has 3 heterocycles. The van der Waals surface area contributed by atoms with E-state index in [9.17, 15) is 21.6 Å². The number of hydrogen-bond donors (Lipinski definition) is 1. The fourth-order valence-corrected chi connectivity index (χ4v) is 6.26. The summed E-state index contributed by atoms with van der Waals surface area (Å²) in [5.41, 5.74) is 2.11. The van der Waals surface area contributed by atoms with Crippen LogP contribution in [0.15, 0.2) is 53.6 Å². The zero-order valence-electron chi connectivity index (χ0n) is 14.6. The SMILES string of the molecule is O=S(=O)(c1ccc(C(F)(F)F)cc1)N1[C@H]2c3cn[nH]c3C[C@@H]1c1cccc(Cl)c12. The molecule has 2 aliphatic rings. The highest BCUT2D eigenvalue weighted by Crippen LogP contribution is 2.55. The maximum Gasteiger partial charge on any atom is 0.416 e. The van der Waals surface area contributed by atoms with E-state index in [-0.39, 0.29) is 4.90 Å². The van der Waals surface area contributed by atoms with Gasteiger partial charge in [-0.15, -0.1) is 0 Å². The molecular weight excluding hydrogens is 427 g/mol. The molecule has 0 fully saturated rings. The number of halogens is 4. The first kappa shape index (κ1) is 18.7. The standard InChI is InChI=1S/C19H13ClF3N3O2S/c20-14-3-1-2-12-16-8-15-13(9-24-25-15)18(17(12)14)26(16)29(27,28)11-6-4-10(5-7-11)19(21,22)23/h1-7,9,16,18H,8H2,(H,24,25)/t16-,18+/m1/s1. The van der Waals surface area contributed by atoms with Gasteiger partial charge in [0.25, 0.3) is 0 Å². The van der Waals surface area contributed by atoms with Crippen LogP contribution in [0.4, 0.5) is 13.2 Å². The number of H-pyrrole nitrogens is 1. The van der Waals surface area contributed by atoms with Gasteiger partial charge in [0.15, 0.2) is 0 Å². The number of fused-ring (bicyclic) bond motifs is 7. The lowest BCUT2D eigenvalue weighted by molar-refractivity contribution is -0.137. The molecule has 0 spiro atoms. The van der Waals surface area contributed by atoms with E-state index in [2.05, 4.69) is 10.2 Å². The van der Waals surface area contributed by atoms with Crippen LogP contribution in [0.2, 0.25) is 5.02 Å². The Morgan fingerprint density at radius 1 is 1.10 bits per heavy atom. The molecule has 2 aliphatic heterocycles. The molecule has 0 unspecified atom stereocenters. The van der Waals surface area contributed by atoms with Crippen molar-refractivity contribution in [3.63, 3.8) is 0 Å². The van der Waals surface area contributed by atoms with Crippen molar-refractivity contribution in [2.45, 2.75) is 29.6 Å². The minimum Gasteiger partial charge on any atom is -0.282 e. The maximum absolute atomic E-state index is 13.5. The monoisotopic (exact) mass is 439 g/mol. The summed E-state index contributed by atoms with van der Waals surface area (Å²) in [6, 6.07) is 7.64. The first-order valence-electron chi connectivity index (χ1n) is 8.71. The third-order valence-electron chi connectivity index (χ3n) is 5.48. The molecule has 150 valence electrons. The van der Waals surface area contributed by atoms with E-state index in [4.69, 9.17) is 11.6 Å². The molecule has 2 atom stereocenters. The van der Waals surface area contributed by atoms with Gasteiger partial charge in [0.2, 0.25) is 10.0 Å². The molecule has 0 saturated heterocycles. The van der Waals surface area contributed by atoms with Crippen LogP contribution in [-0.2, 0) is 22.6 Å². The Balaban J connectivity index is 1.66. The minimum absolute atomic E-state index is 0.198. The van der Waals surface area contributed by atoms with E-state index in [0.717, 1.165) is 35.5 Å². The quantitative estimate of drug-likeness (QED) is 0.640. The van der Waals surface area contributed by atoms with Gasteiger partial charge in [-0.1, -0.05) is 23.7 Å². The second kappa shape index (κ2) is 6.07. The van der Waals surface area contributed by atoms with Gasteiger partial charge in [0.05, 0.1) is 28.7 Å². The average molecular weight is 440 g/mol. The van der Waals surface area contributed by atoms with E-state index >= 15 is 0 Å². The Hall–Kier alpha value is -2.36. The van der Waals surface area contributed by atoms with E-state index < -0.39 is 33.8 Å². The van der Waals surface area contributed by atoms with Crippen molar-refractivity contribution in [2.24, 2.45) is 0 Å². The highest BCUT2D eigenvalue weighted by molar-refractivity contribution is 7.89. The number of aromatic nitrogens is 2. The number of alkyl halides is 3. The zero-order chi connectivity index (χ0) is 20.6. The average Bonchev–Trinajstić information content (AvgIpc) is 3.24. The van der Waals surface area contributed by atoms with Crippen LogP contribution in [0.3, 0.4) is 0 Å². The molecule has 1 aromatic heterocycles. The summed E-state index contributed by atoms with van der Waals surface area (Å²) in [5, 5.41) is 7.39. The second-order valence-corrected chi connectivity index (χ2v) is 9.28. The molecule has 2 bridgehead atoms. The van der Waals surface area contributed by atoms with Crippen molar-refractivity contribution >= 4 is 21.6 Å². The third-order valence-corrected chi connectivity index (χ3v) is 7.70. The predicted molar refractivity (Wildman–Crippen MR) is 98.8 cm³/mol. The Bertz CT molecular complexity index is 1220. The number of rotatable bonds is 2. The van der Waals surface area contributed by atoms with E-state index in [1.165, 1.54) is 4.31 Å². The lowest BCUT2D eigenvalue weighted by atomic mass is 10.0. The molecule has 10 heteroatoms. The summed E-state index contributed by atoms with van der Waals surface area (Å²) in [6.07, 6.45) is -2.59. The topological polar surface area (TPSA) is 66.1 Å². The van der Waals surface area contributed by atoms with E-state index in [1.807, 2.05) is 6.07 Å². The van der Waals surface area contributed by atoms with Gasteiger partial charge in [0.1, 0.15) is 0 Å². The van der Waals surface area contributed by atoms with Crippen molar-refractivity contribution in [3.8, 4) is 0 Å². The molecule has 5 rings (SSSR count). The van der Waals surface area contributed by atoms with Crippen LogP contribution in [0, 0.1) is 0 Å². The first-order chi connectivity index (χ1) is 13.7. The summed E-state index contributed by atoms with van der Waals surface area (Å²) in [4.78, 5) is -0.198. The molecule has 5 nitrogen and oxygen atoms in total. The largest absolute Gasteiger partial charge is 0.416 e. The predicted octanol–water partition coefficient (Wildman–Crippen LogP) is 4.47. The van der Waals surface area contributed by atoms with Crippen LogP contribution >= 0.6 is 11.6 Å². The van der Waals surface area contributed by atoms with E-state index in [1.54, 1.807) is 18.3 Å². The summed E-state index contributed by atoms with van der Waals surface area (Å²) in [6.45, 7) is 0. The van der Waals surface area contributed by atoms with Crippen LogP contribution in [-0.4, -0.2) is 22.9 Å². The third kappa shape index (κ3) is 2.64. The van der Waals surface area contributed by atoms with Gasteiger partial charge in [-0.2, -0.15) is 22.6 Å². The second-order valence-electron chi connectivity index (χ2n) is 7.03. The minimum atomic E-state index is -4.54. The Morgan fingerprint density at radius 2 is 1.83 bits per heavy atom. The fourth-order valence-electron chi connectivity index (χ4n) is 4.23. The lowest BCUT2D eigenvalue weighted by Crippen LogP contribution is -2.37. The summed E-state index contributed by atoms with van der Waals surface area (Å²) >= 11 is 6.43. The fraction of sp³-hybridized carbons (Fsp3) is 0.211. The normalized spacial score (nSPS) is 21.1. The van der Waals surface area contributed by atoms with Crippen LogP contribution in [0.25, 0.3) is 0 Å². The highest BCUT2D eigenvalue weighted by Gasteiger charge is 2.51. The van der Waals surface area contributed by atoms with E-state index in [0.29, 0.717) is 22.6 Å². The molecule has 3 aromatic rings. The van der Waals surface area contributed by atoms with Crippen LogP contribution in [0.5, 0.6) is 0 Å². The summed E-state index contributed by atoms with van der Waals surface area (Å²) in [5.74, 6) is 0. The maximum atomic E-state index is 13.5. The van der Waals surface area contributed by atoms with Crippen molar-refractivity contribution in [1.82, 2.24) is 14.5 Å². The van der Waals surface area contributed by atoms with Gasteiger partial charge in [0, 0.05) is 22.7 Å². The van der Waals surface area contributed by atoms with Gasteiger partial charge in [-0.05, 0) is 41.5 Å². The molecule has 1 N–H and O–H groups in total. The first-order valence-corrected chi connectivity index (χ1v) is 10.5. The smallest absolute Gasteiger partial charge is 0.282 e. The number of nitrogens with one attached hydrogen (secondary N) is 1. The summed E-state index contributed by atoms with van der Waals surface area (Å²) < 4.78 is 66.9. The zero-order valence-corrected chi connectivity index (χ0v) is 16.2. The molecule has 0 saturated carbocycles. The molecular formula is C19H13ClF3N3O2S. The molecule has 0 radical (unpaired) electrons. The van der Waals surface area contributed by atoms with Crippen LogP contribution in [0.1, 0.15) is 40.0 Å². The van der Waals surface area contributed by atoms with Crippen molar-refractivity contribution in [1.29, 1.82) is 0 Å². The van der Waals surface area contributed by atoms with Crippen molar-refractivity contribution < 1.29 is 21.6 Å². The molecule has 0 amide bonds. The molecule has 2 aromatic carbocycles. The summed E-state index contributed by atoms with van der Waals surface area (Å²) in [7, 11) is -4.10. The number of hydrogen-bond acceptors (Lipinski definition) is 3. The van der Waals surface area contributed by atoms with Crippen molar-refractivity contribution in [3.05, 3.63) is 81.6 Å². The number of benzene rings is 2. The van der Waals surface area contributed by atoms with Gasteiger partial charge < -0.3 is 0 Å². The Labute approximate surface area is 169 Å². The van der Waals surface area contributed by atoms with Crippen LogP contribution < -0.4 is 0 Å². The molecule has 0 aliphatic carbocycles. The van der Waals surface area contributed by atoms with Gasteiger partial charge in [-0.25, -0.2) is 8.42 Å².